The maximum absolute atomic E-state index is 12.4. The van der Waals surface area contributed by atoms with Crippen molar-refractivity contribution in [2.75, 3.05) is 6.61 Å². The minimum atomic E-state index is -0.790. The largest absolute Gasteiger partial charge is 0.481 e. The fraction of sp³-hybridized carbons (Fsp3) is 0.654. The predicted octanol–water partition coefficient (Wildman–Crippen LogP) is 7.59. The van der Waals surface area contributed by atoms with Crippen LogP contribution in [-0.4, -0.2) is 23.3 Å². The van der Waals surface area contributed by atoms with Gasteiger partial charge in [-0.2, -0.15) is 0 Å². The van der Waals surface area contributed by atoms with Gasteiger partial charge in [-0.3, -0.25) is 4.79 Å². The lowest BCUT2D eigenvalue weighted by Crippen LogP contribution is -2.27. The number of ether oxygens (including phenoxy) is 1. The third-order valence-electron chi connectivity index (χ3n) is 6.34. The van der Waals surface area contributed by atoms with Gasteiger partial charge in [0.15, 0.2) is 0 Å². The third-order valence-corrected chi connectivity index (χ3v) is 7.53. The summed E-state index contributed by atoms with van der Waals surface area (Å²) in [4.78, 5) is 14.8. The van der Waals surface area contributed by atoms with E-state index in [0.717, 1.165) is 42.5 Å². The van der Waals surface area contributed by atoms with Gasteiger partial charge in [0.05, 0.1) is 12.2 Å². The number of rotatable bonds is 6. The first-order valence-electron chi connectivity index (χ1n) is 11.4. The van der Waals surface area contributed by atoms with E-state index in [2.05, 4.69) is 32.9 Å². The van der Waals surface area contributed by atoms with Gasteiger partial charge < -0.3 is 9.84 Å². The molecule has 166 valence electrons. The van der Waals surface area contributed by atoms with Gasteiger partial charge in [0.1, 0.15) is 5.92 Å². The molecule has 0 bridgehead atoms. The van der Waals surface area contributed by atoms with Crippen molar-refractivity contribution in [1.29, 1.82) is 0 Å². The van der Waals surface area contributed by atoms with Crippen molar-refractivity contribution in [3.05, 3.63) is 33.0 Å². The molecule has 1 N–H and O–H groups in total. The molecule has 0 saturated carbocycles. The lowest BCUT2D eigenvalue weighted by Gasteiger charge is -2.30. The minimum absolute atomic E-state index is 0.209. The highest BCUT2D eigenvalue weighted by atomic mass is 32.1. The molecule has 0 aliphatic heterocycles. The Morgan fingerprint density at radius 1 is 1.20 bits per heavy atom. The Hall–Kier alpha value is -1.39. The molecule has 1 heterocycles. The van der Waals surface area contributed by atoms with Gasteiger partial charge in [0.2, 0.25) is 0 Å². The molecule has 0 fully saturated rings. The summed E-state index contributed by atoms with van der Waals surface area (Å²) in [5.41, 5.74) is 4.93. The van der Waals surface area contributed by atoms with E-state index in [-0.39, 0.29) is 12.2 Å². The van der Waals surface area contributed by atoms with Crippen LogP contribution in [0.25, 0.3) is 11.1 Å². The van der Waals surface area contributed by atoms with Crippen LogP contribution in [0.2, 0.25) is 0 Å². The molecule has 1 aromatic heterocycles. The first-order chi connectivity index (χ1) is 14.0. The highest BCUT2D eigenvalue weighted by Crippen LogP contribution is 2.48. The topological polar surface area (TPSA) is 46.5 Å². The molecule has 2 aliphatic rings. The Kier molecular flexibility index (Phi) is 6.98. The van der Waals surface area contributed by atoms with Crippen LogP contribution < -0.4 is 0 Å². The van der Waals surface area contributed by atoms with Crippen LogP contribution in [0.5, 0.6) is 0 Å². The number of aryl methyl sites for hydroxylation is 1. The Labute approximate surface area is 186 Å². The van der Waals surface area contributed by atoms with Crippen LogP contribution in [0.1, 0.15) is 106 Å². The van der Waals surface area contributed by atoms with E-state index in [1.54, 1.807) is 11.3 Å². The van der Waals surface area contributed by atoms with E-state index in [1.165, 1.54) is 34.4 Å². The maximum atomic E-state index is 12.4. The van der Waals surface area contributed by atoms with Crippen LogP contribution >= 0.6 is 11.3 Å². The summed E-state index contributed by atoms with van der Waals surface area (Å²) >= 11 is 1.79. The number of carboxylic acids is 1. The second kappa shape index (κ2) is 9.00. The van der Waals surface area contributed by atoms with Crippen LogP contribution in [-0.2, 0) is 9.53 Å². The molecule has 0 aromatic carbocycles. The summed E-state index contributed by atoms with van der Waals surface area (Å²) in [6, 6.07) is 0. The number of hydrogen-bond donors (Lipinski definition) is 1. The van der Waals surface area contributed by atoms with Gasteiger partial charge in [-0.15, -0.1) is 11.3 Å². The summed E-state index contributed by atoms with van der Waals surface area (Å²) in [5.74, 6) is -1.42. The molecule has 1 aromatic rings. The average Bonchev–Trinajstić information content (AvgIpc) is 2.99. The Bertz CT molecular complexity index is 848. The van der Waals surface area contributed by atoms with E-state index in [0.29, 0.717) is 5.41 Å². The van der Waals surface area contributed by atoms with Crippen molar-refractivity contribution >= 4 is 28.5 Å². The summed E-state index contributed by atoms with van der Waals surface area (Å²) in [6.45, 7) is 12.9. The fourth-order valence-electron chi connectivity index (χ4n) is 4.48. The molecule has 0 radical (unpaired) electrons. The van der Waals surface area contributed by atoms with E-state index < -0.39 is 11.9 Å². The summed E-state index contributed by atoms with van der Waals surface area (Å²) in [6.07, 6.45) is 12.7. The number of allylic oxidation sites excluding steroid dienone is 4. The molecular formula is C26H38O3S. The molecule has 30 heavy (non-hydrogen) atoms. The smallest absolute Gasteiger partial charge is 0.313 e. The van der Waals surface area contributed by atoms with Crippen molar-refractivity contribution in [1.82, 2.24) is 0 Å². The lowest BCUT2D eigenvalue weighted by atomic mass is 9.75. The highest BCUT2D eigenvalue weighted by molar-refractivity contribution is 7.13. The van der Waals surface area contributed by atoms with Crippen LogP contribution in [0.4, 0.5) is 0 Å². The van der Waals surface area contributed by atoms with Gasteiger partial charge in [-0.05, 0) is 94.8 Å². The SMILES string of the molecule is Cc1sc(C2=CCCCC2)c(C2=CCC(C)(C)CC2)c1C(COC(C)(C)C)C(=O)O. The molecule has 4 heteroatoms. The van der Waals surface area contributed by atoms with E-state index >= 15 is 0 Å². The van der Waals surface area contributed by atoms with Crippen molar-refractivity contribution in [2.24, 2.45) is 5.41 Å². The van der Waals surface area contributed by atoms with Crippen LogP contribution in [0.15, 0.2) is 12.2 Å². The van der Waals surface area contributed by atoms with Gasteiger partial charge in [0.25, 0.3) is 0 Å². The quantitative estimate of drug-likeness (QED) is 0.505. The molecule has 1 atom stereocenters. The zero-order valence-corrected chi connectivity index (χ0v) is 20.4. The van der Waals surface area contributed by atoms with Crippen LogP contribution in [0.3, 0.4) is 0 Å². The third kappa shape index (κ3) is 5.45. The summed E-state index contributed by atoms with van der Waals surface area (Å²) < 4.78 is 5.98. The first-order valence-corrected chi connectivity index (χ1v) is 12.2. The van der Waals surface area contributed by atoms with Crippen molar-refractivity contribution < 1.29 is 14.6 Å². The van der Waals surface area contributed by atoms with Gasteiger partial charge in [0, 0.05) is 15.3 Å². The summed E-state index contributed by atoms with van der Waals surface area (Å²) in [5, 5.41) is 10.2. The standard InChI is InChI=1S/C26H38O3S/c1-17-21(20(24(27)28)16-29-25(2,3)4)22(18-12-14-26(5,6)15-13-18)23(30-17)19-10-8-7-9-11-19/h10,12,20H,7-9,11,13-16H2,1-6H3,(H,27,28). The molecule has 3 nitrogen and oxygen atoms in total. The predicted molar refractivity (Wildman–Crippen MR) is 127 cm³/mol. The molecular weight excluding hydrogens is 392 g/mol. The second-order valence-corrected chi connectivity index (χ2v) is 11.9. The molecule has 3 rings (SSSR count). The number of carboxylic acid groups (broad SMARTS) is 1. The molecule has 2 aliphatic carbocycles. The second-order valence-electron chi connectivity index (χ2n) is 10.7. The monoisotopic (exact) mass is 430 g/mol. The maximum Gasteiger partial charge on any atom is 0.313 e. The Balaban J connectivity index is 2.11. The minimum Gasteiger partial charge on any atom is -0.481 e. The lowest BCUT2D eigenvalue weighted by molar-refractivity contribution is -0.141. The molecule has 0 saturated heterocycles. The van der Waals surface area contributed by atoms with E-state index in [4.69, 9.17) is 4.74 Å². The van der Waals surface area contributed by atoms with Crippen molar-refractivity contribution in [3.8, 4) is 0 Å². The molecule has 1 unspecified atom stereocenters. The zero-order valence-electron chi connectivity index (χ0n) is 19.6. The fourth-order valence-corrected chi connectivity index (χ4v) is 5.80. The normalized spacial score (nSPS) is 20.5. The highest BCUT2D eigenvalue weighted by Gasteiger charge is 2.33. The van der Waals surface area contributed by atoms with Gasteiger partial charge in [-0.1, -0.05) is 26.0 Å². The van der Waals surface area contributed by atoms with E-state index in [1.807, 2.05) is 20.8 Å². The van der Waals surface area contributed by atoms with Crippen molar-refractivity contribution in [2.45, 2.75) is 98.0 Å². The average molecular weight is 431 g/mol. The number of aliphatic carboxylic acids is 1. The summed E-state index contributed by atoms with van der Waals surface area (Å²) in [7, 11) is 0. The first kappa shape index (κ1) is 23.3. The zero-order chi connectivity index (χ0) is 22.1. The van der Waals surface area contributed by atoms with Crippen molar-refractivity contribution in [3.63, 3.8) is 0 Å². The van der Waals surface area contributed by atoms with Crippen LogP contribution in [0, 0.1) is 12.3 Å². The number of carbonyl (C=O) groups is 1. The van der Waals surface area contributed by atoms with Gasteiger partial charge in [-0.25, -0.2) is 0 Å². The van der Waals surface area contributed by atoms with Gasteiger partial charge >= 0.3 is 5.97 Å². The molecule has 0 amide bonds. The number of thiophene rings is 1. The molecule has 0 spiro atoms. The Morgan fingerprint density at radius 2 is 1.93 bits per heavy atom. The van der Waals surface area contributed by atoms with E-state index in [9.17, 15) is 9.90 Å². The number of hydrogen-bond acceptors (Lipinski definition) is 3. The Morgan fingerprint density at radius 3 is 2.47 bits per heavy atom.